The Balaban J connectivity index is 1.37. The molecule has 0 saturated heterocycles. The Hall–Kier alpha value is -4.50. The number of benzene rings is 3. The van der Waals surface area contributed by atoms with Gasteiger partial charge in [-0.15, -0.1) is 10.2 Å². The van der Waals surface area contributed by atoms with Gasteiger partial charge in [0.2, 0.25) is 11.1 Å². The quantitative estimate of drug-likeness (QED) is 0.319. The number of para-hydroxylation sites is 1. The largest absolute Gasteiger partial charge is 0.319 e. The Morgan fingerprint density at radius 3 is 2.03 bits per heavy atom. The molecule has 2 heterocycles. The molecule has 1 amide bonds. The van der Waals surface area contributed by atoms with Crippen molar-refractivity contribution < 1.29 is 4.79 Å². The van der Waals surface area contributed by atoms with Gasteiger partial charge in [-0.2, -0.15) is 0 Å². The smallest absolute Gasteiger partial charge is 0.295 e. The zero-order valence-corrected chi connectivity index (χ0v) is 21.1. The van der Waals surface area contributed by atoms with Gasteiger partial charge in [-0.1, -0.05) is 90.6 Å². The maximum atomic E-state index is 13.1. The van der Waals surface area contributed by atoms with E-state index in [0.29, 0.717) is 22.2 Å². The maximum Gasteiger partial charge on any atom is 0.295 e. The number of rotatable bonds is 7. The topological polar surface area (TPSA) is 94.7 Å². The van der Waals surface area contributed by atoms with Crippen molar-refractivity contribution in [2.45, 2.75) is 12.1 Å². The van der Waals surface area contributed by atoms with Gasteiger partial charge in [-0.25, -0.2) is 9.67 Å². The molecule has 0 radical (unpaired) electrons. The van der Waals surface area contributed by atoms with Crippen LogP contribution in [0.1, 0.15) is 5.69 Å². The van der Waals surface area contributed by atoms with E-state index >= 15 is 0 Å². The molecule has 0 aliphatic heterocycles. The second-order valence-electron chi connectivity index (χ2n) is 8.30. The predicted molar refractivity (Wildman–Crippen MR) is 146 cm³/mol. The number of anilines is 1. The van der Waals surface area contributed by atoms with Gasteiger partial charge in [0.05, 0.1) is 17.1 Å². The fraction of sp³-hybridized carbons (Fsp3) is 0.107. The lowest BCUT2D eigenvalue weighted by atomic mass is 10.0. The van der Waals surface area contributed by atoms with Crippen LogP contribution in [0.4, 0.5) is 5.69 Å². The zero-order chi connectivity index (χ0) is 25.8. The summed E-state index contributed by atoms with van der Waals surface area (Å²) in [4.78, 5) is 30.6. The SMILES string of the molecule is Cc1c(NC(=O)CSc2nnc(-c3ccccc3)c(-c3ccccc3)n2)c(=O)n(-c2ccccc2)n1C. The van der Waals surface area contributed by atoms with Crippen LogP contribution in [0.25, 0.3) is 28.2 Å². The average molecular weight is 509 g/mol. The molecule has 3 aromatic carbocycles. The molecular formula is C28H24N6O2S. The molecule has 0 atom stereocenters. The van der Waals surface area contributed by atoms with E-state index in [9.17, 15) is 9.59 Å². The van der Waals surface area contributed by atoms with Gasteiger partial charge in [-0.05, 0) is 19.1 Å². The number of hydrogen-bond donors (Lipinski definition) is 1. The molecule has 184 valence electrons. The molecule has 5 rings (SSSR count). The van der Waals surface area contributed by atoms with Gasteiger partial charge in [0.15, 0.2) is 0 Å². The third-order valence-corrected chi connectivity index (χ3v) is 6.75. The van der Waals surface area contributed by atoms with E-state index < -0.39 is 0 Å². The van der Waals surface area contributed by atoms with E-state index in [-0.39, 0.29) is 22.9 Å². The van der Waals surface area contributed by atoms with Crippen LogP contribution in [0.5, 0.6) is 0 Å². The Kier molecular flexibility index (Phi) is 6.96. The van der Waals surface area contributed by atoms with Crippen molar-refractivity contribution in [2.75, 3.05) is 11.1 Å². The molecule has 8 nitrogen and oxygen atoms in total. The number of carbonyl (C=O) groups is 1. The summed E-state index contributed by atoms with van der Waals surface area (Å²) in [7, 11) is 1.78. The molecule has 0 aliphatic carbocycles. The molecule has 0 aliphatic rings. The summed E-state index contributed by atoms with van der Waals surface area (Å²) in [5, 5.41) is 11.9. The minimum absolute atomic E-state index is 0.0275. The van der Waals surface area contributed by atoms with Crippen LogP contribution in [0.2, 0.25) is 0 Å². The van der Waals surface area contributed by atoms with Crippen LogP contribution in [-0.2, 0) is 11.8 Å². The monoisotopic (exact) mass is 508 g/mol. The van der Waals surface area contributed by atoms with Crippen molar-refractivity contribution in [3.05, 3.63) is 107 Å². The Labute approximate surface area is 218 Å². The average Bonchev–Trinajstić information content (AvgIpc) is 3.16. The first-order valence-electron chi connectivity index (χ1n) is 11.6. The predicted octanol–water partition coefficient (Wildman–Crippen LogP) is 4.73. The van der Waals surface area contributed by atoms with E-state index in [2.05, 4.69) is 15.5 Å². The molecule has 37 heavy (non-hydrogen) atoms. The molecule has 2 aromatic heterocycles. The maximum absolute atomic E-state index is 13.1. The van der Waals surface area contributed by atoms with Crippen LogP contribution in [-0.4, -0.2) is 36.2 Å². The lowest BCUT2D eigenvalue weighted by Gasteiger charge is -2.09. The number of thioether (sulfide) groups is 1. The number of nitrogens with one attached hydrogen (secondary N) is 1. The first-order valence-corrected chi connectivity index (χ1v) is 12.6. The molecule has 0 fully saturated rings. The van der Waals surface area contributed by atoms with Crippen molar-refractivity contribution >= 4 is 23.4 Å². The Bertz CT molecular complexity index is 1600. The van der Waals surface area contributed by atoms with E-state index in [0.717, 1.165) is 16.8 Å². The number of carbonyl (C=O) groups excluding carboxylic acids is 1. The van der Waals surface area contributed by atoms with Gasteiger partial charge in [0, 0.05) is 18.2 Å². The zero-order valence-electron chi connectivity index (χ0n) is 20.3. The second-order valence-corrected chi connectivity index (χ2v) is 9.24. The summed E-state index contributed by atoms with van der Waals surface area (Å²) in [6, 6.07) is 28.8. The van der Waals surface area contributed by atoms with E-state index in [1.807, 2.05) is 91.0 Å². The van der Waals surface area contributed by atoms with Crippen LogP contribution in [0, 0.1) is 6.92 Å². The van der Waals surface area contributed by atoms with Crippen molar-refractivity contribution in [3.63, 3.8) is 0 Å². The molecule has 0 unspecified atom stereocenters. The van der Waals surface area contributed by atoms with Gasteiger partial charge < -0.3 is 5.32 Å². The lowest BCUT2D eigenvalue weighted by molar-refractivity contribution is -0.113. The van der Waals surface area contributed by atoms with Crippen molar-refractivity contribution in [1.29, 1.82) is 0 Å². The number of amides is 1. The third kappa shape index (κ3) is 5.07. The third-order valence-electron chi connectivity index (χ3n) is 5.91. The summed E-state index contributed by atoms with van der Waals surface area (Å²) < 4.78 is 3.25. The van der Waals surface area contributed by atoms with Gasteiger partial charge >= 0.3 is 0 Å². The Morgan fingerprint density at radius 2 is 1.41 bits per heavy atom. The summed E-state index contributed by atoms with van der Waals surface area (Å²) in [5.41, 5.74) is 4.51. The van der Waals surface area contributed by atoms with Crippen molar-refractivity contribution in [1.82, 2.24) is 24.5 Å². The highest BCUT2D eigenvalue weighted by atomic mass is 32.2. The van der Waals surface area contributed by atoms with Crippen LogP contribution in [0.15, 0.2) is 101 Å². The summed E-state index contributed by atoms with van der Waals surface area (Å²) in [5.74, 6) is -0.298. The van der Waals surface area contributed by atoms with Crippen LogP contribution >= 0.6 is 11.8 Å². The highest BCUT2D eigenvalue weighted by Gasteiger charge is 2.19. The van der Waals surface area contributed by atoms with Gasteiger partial charge in [0.1, 0.15) is 17.1 Å². The first-order chi connectivity index (χ1) is 18.0. The molecule has 0 saturated carbocycles. The molecule has 0 bridgehead atoms. The normalized spacial score (nSPS) is 10.9. The van der Waals surface area contributed by atoms with Crippen LogP contribution < -0.4 is 10.9 Å². The molecule has 5 aromatic rings. The highest BCUT2D eigenvalue weighted by molar-refractivity contribution is 7.99. The van der Waals surface area contributed by atoms with E-state index in [1.54, 1.807) is 18.7 Å². The van der Waals surface area contributed by atoms with Crippen molar-refractivity contribution in [3.8, 4) is 28.2 Å². The fourth-order valence-electron chi connectivity index (χ4n) is 3.98. The first kappa shape index (κ1) is 24.2. The molecule has 1 N–H and O–H groups in total. The van der Waals surface area contributed by atoms with Gasteiger partial charge in [0.25, 0.3) is 5.56 Å². The summed E-state index contributed by atoms with van der Waals surface area (Å²) in [6.45, 7) is 1.80. The fourth-order valence-corrected chi connectivity index (χ4v) is 4.56. The summed E-state index contributed by atoms with van der Waals surface area (Å²) >= 11 is 1.17. The number of nitrogens with zero attached hydrogens (tertiary/aromatic N) is 5. The standard InChI is InChI=1S/C28H24N6O2S/c1-19-24(27(36)34(33(19)2)22-16-10-5-11-17-22)29-23(35)18-37-28-30-25(20-12-6-3-7-13-20)26(31-32-28)21-14-8-4-9-15-21/h3-17H,18H2,1-2H3,(H,29,35). The number of hydrogen-bond acceptors (Lipinski definition) is 6. The molecule has 0 spiro atoms. The summed E-state index contributed by atoms with van der Waals surface area (Å²) in [6.07, 6.45) is 0. The highest BCUT2D eigenvalue weighted by Crippen LogP contribution is 2.29. The van der Waals surface area contributed by atoms with E-state index in [4.69, 9.17) is 4.98 Å². The number of aromatic nitrogens is 5. The van der Waals surface area contributed by atoms with Crippen LogP contribution in [0.3, 0.4) is 0 Å². The van der Waals surface area contributed by atoms with Gasteiger partial charge in [-0.3, -0.25) is 14.3 Å². The minimum Gasteiger partial charge on any atom is -0.319 e. The Morgan fingerprint density at radius 1 is 0.838 bits per heavy atom. The molecule has 9 heteroatoms. The lowest BCUT2D eigenvalue weighted by Crippen LogP contribution is -2.23. The van der Waals surface area contributed by atoms with E-state index in [1.165, 1.54) is 16.4 Å². The second kappa shape index (κ2) is 10.6. The minimum atomic E-state index is -0.326. The molecular weight excluding hydrogens is 484 g/mol. The van der Waals surface area contributed by atoms with Crippen molar-refractivity contribution in [2.24, 2.45) is 7.05 Å².